The number of carbonyl (C=O) groups excluding carboxylic acids is 2. The molecule has 0 radical (unpaired) electrons. The average Bonchev–Trinajstić information content (AvgIpc) is 3.56. The Hall–Kier alpha value is -3.04. The summed E-state index contributed by atoms with van der Waals surface area (Å²) in [5.74, 6) is 0.161. The molecule has 5 rings (SSSR count). The van der Waals surface area contributed by atoms with Crippen molar-refractivity contribution < 1.29 is 9.59 Å². The number of piperazine rings is 1. The fraction of sp³-hybridized carbons (Fsp3) is 0.391. The van der Waals surface area contributed by atoms with E-state index in [4.69, 9.17) is 0 Å². The molecule has 0 bridgehead atoms. The molecular weight excluding hydrogens is 424 g/mol. The summed E-state index contributed by atoms with van der Waals surface area (Å²) in [4.78, 5) is 35.5. The van der Waals surface area contributed by atoms with Gasteiger partial charge in [-0.1, -0.05) is 12.1 Å². The molecule has 166 valence electrons. The fourth-order valence-electron chi connectivity index (χ4n) is 4.54. The second kappa shape index (κ2) is 8.48. The molecule has 32 heavy (non-hydrogen) atoms. The Balaban J connectivity index is 1.21. The van der Waals surface area contributed by atoms with Gasteiger partial charge < -0.3 is 9.80 Å². The first-order chi connectivity index (χ1) is 15.5. The lowest BCUT2D eigenvalue weighted by molar-refractivity contribution is -0.117. The Morgan fingerprint density at radius 3 is 2.50 bits per heavy atom. The molecule has 0 aliphatic carbocycles. The minimum Gasteiger partial charge on any atom is -0.334 e. The quantitative estimate of drug-likeness (QED) is 0.610. The number of amides is 2. The smallest absolute Gasteiger partial charge is 0.282 e. The number of hydrogen-bond acceptors (Lipinski definition) is 6. The molecule has 0 N–H and O–H groups in total. The van der Waals surface area contributed by atoms with E-state index >= 15 is 0 Å². The van der Waals surface area contributed by atoms with Crippen molar-refractivity contribution in [3.05, 3.63) is 52.7 Å². The van der Waals surface area contributed by atoms with Crippen LogP contribution in [0.15, 0.2) is 42.0 Å². The van der Waals surface area contributed by atoms with Crippen molar-refractivity contribution in [2.45, 2.75) is 19.4 Å². The van der Waals surface area contributed by atoms with Gasteiger partial charge in [0.05, 0.1) is 6.20 Å². The molecule has 4 heterocycles. The first-order valence-electron chi connectivity index (χ1n) is 10.8. The number of anilines is 1. The van der Waals surface area contributed by atoms with Crippen molar-refractivity contribution in [1.82, 2.24) is 24.6 Å². The Morgan fingerprint density at radius 2 is 1.88 bits per heavy atom. The number of rotatable bonds is 4. The third kappa shape index (κ3) is 3.82. The fourth-order valence-corrected chi connectivity index (χ4v) is 5.14. The molecule has 8 nitrogen and oxygen atoms in total. The molecule has 1 unspecified atom stereocenters. The highest BCUT2D eigenvalue weighted by atomic mass is 32.1. The van der Waals surface area contributed by atoms with Crippen LogP contribution in [0, 0.1) is 6.92 Å². The third-order valence-corrected chi connectivity index (χ3v) is 7.32. The van der Waals surface area contributed by atoms with Crippen molar-refractivity contribution in [2.75, 3.05) is 37.6 Å². The maximum Gasteiger partial charge on any atom is 0.282 e. The normalized spacial score (nSPS) is 19.7. The molecule has 3 aromatic rings. The van der Waals surface area contributed by atoms with Crippen molar-refractivity contribution in [3.8, 4) is 11.1 Å². The maximum atomic E-state index is 12.8. The lowest BCUT2D eigenvalue weighted by Gasteiger charge is -2.37. The Morgan fingerprint density at radius 1 is 1.12 bits per heavy atom. The zero-order valence-electron chi connectivity index (χ0n) is 18.3. The van der Waals surface area contributed by atoms with Gasteiger partial charge >= 0.3 is 0 Å². The third-order valence-electron chi connectivity index (χ3n) is 6.56. The Labute approximate surface area is 191 Å². The predicted octanol–water partition coefficient (Wildman–Crippen LogP) is 2.42. The van der Waals surface area contributed by atoms with Gasteiger partial charge in [-0.05, 0) is 24.6 Å². The van der Waals surface area contributed by atoms with Gasteiger partial charge in [0, 0.05) is 80.8 Å². The lowest BCUT2D eigenvalue weighted by Crippen LogP contribution is -2.52. The number of nitrogens with zero attached hydrogens (tertiary/aromatic N) is 6. The average molecular weight is 451 g/mol. The van der Waals surface area contributed by atoms with E-state index in [1.54, 1.807) is 6.20 Å². The van der Waals surface area contributed by atoms with E-state index in [1.165, 1.54) is 11.3 Å². The van der Waals surface area contributed by atoms with E-state index < -0.39 is 0 Å². The second-order valence-electron chi connectivity index (χ2n) is 8.34. The molecule has 2 saturated heterocycles. The van der Waals surface area contributed by atoms with E-state index in [9.17, 15) is 9.59 Å². The molecule has 1 aromatic carbocycles. The van der Waals surface area contributed by atoms with Crippen LogP contribution in [0.4, 0.5) is 5.69 Å². The number of aryl methyl sites for hydroxylation is 1. The number of benzene rings is 1. The molecule has 2 fully saturated rings. The SMILES string of the molecule is Cc1c(-c2ccc(N3CC(N4CCN(C(=O)c5nccs5)CC4)CC3=O)cc2)cnn1C. The van der Waals surface area contributed by atoms with Crippen molar-refractivity contribution in [2.24, 2.45) is 7.05 Å². The largest absolute Gasteiger partial charge is 0.334 e. The molecule has 2 amide bonds. The summed E-state index contributed by atoms with van der Waals surface area (Å²) in [5.41, 5.74) is 4.25. The van der Waals surface area contributed by atoms with Crippen molar-refractivity contribution in [3.63, 3.8) is 0 Å². The highest BCUT2D eigenvalue weighted by Crippen LogP contribution is 2.29. The van der Waals surface area contributed by atoms with Crippen LogP contribution in [-0.2, 0) is 11.8 Å². The molecule has 1 atom stereocenters. The van der Waals surface area contributed by atoms with Gasteiger partial charge in [0.15, 0.2) is 5.01 Å². The van der Waals surface area contributed by atoms with E-state index in [2.05, 4.69) is 34.0 Å². The highest BCUT2D eigenvalue weighted by molar-refractivity contribution is 7.11. The number of carbonyl (C=O) groups is 2. The van der Waals surface area contributed by atoms with E-state index in [-0.39, 0.29) is 17.9 Å². The first-order valence-corrected chi connectivity index (χ1v) is 11.7. The topological polar surface area (TPSA) is 74.6 Å². The summed E-state index contributed by atoms with van der Waals surface area (Å²) >= 11 is 1.38. The molecule has 0 saturated carbocycles. The zero-order valence-corrected chi connectivity index (χ0v) is 19.1. The first kappa shape index (κ1) is 20.8. The molecule has 9 heteroatoms. The van der Waals surface area contributed by atoms with Crippen molar-refractivity contribution >= 4 is 28.8 Å². The van der Waals surface area contributed by atoms with Crippen LogP contribution in [0.3, 0.4) is 0 Å². The van der Waals surface area contributed by atoms with Crippen LogP contribution >= 0.6 is 11.3 Å². The van der Waals surface area contributed by atoms with Gasteiger partial charge in [0.2, 0.25) is 5.91 Å². The molecule has 2 aromatic heterocycles. The molecular formula is C23H26N6O2S. The molecule has 0 spiro atoms. The van der Waals surface area contributed by atoms with Gasteiger partial charge in [0.1, 0.15) is 0 Å². The second-order valence-corrected chi connectivity index (χ2v) is 9.24. The van der Waals surface area contributed by atoms with Crippen LogP contribution < -0.4 is 4.90 Å². The summed E-state index contributed by atoms with van der Waals surface area (Å²) in [7, 11) is 1.94. The van der Waals surface area contributed by atoms with E-state index in [0.29, 0.717) is 31.1 Å². The van der Waals surface area contributed by atoms with Gasteiger partial charge in [0.25, 0.3) is 5.91 Å². The van der Waals surface area contributed by atoms with E-state index in [1.807, 2.05) is 45.2 Å². The summed E-state index contributed by atoms with van der Waals surface area (Å²) in [6.45, 7) is 5.63. The highest BCUT2D eigenvalue weighted by Gasteiger charge is 2.36. The van der Waals surface area contributed by atoms with Crippen LogP contribution in [0.2, 0.25) is 0 Å². The number of thiazole rings is 1. The van der Waals surface area contributed by atoms with Crippen LogP contribution in [0.25, 0.3) is 11.1 Å². The summed E-state index contributed by atoms with van der Waals surface area (Å²) < 4.78 is 1.86. The Bertz CT molecular complexity index is 1120. The number of aromatic nitrogens is 3. The van der Waals surface area contributed by atoms with Crippen molar-refractivity contribution in [1.29, 1.82) is 0 Å². The molecule has 2 aliphatic rings. The van der Waals surface area contributed by atoms with Crippen LogP contribution in [-0.4, -0.2) is 75.1 Å². The van der Waals surface area contributed by atoms with Gasteiger partial charge in [-0.2, -0.15) is 5.10 Å². The monoisotopic (exact) mass is 450 g/mol. The minimum atomic E-state index is 0.00715. The predicted molar refractivity (Wildman–Crippen MR) is 124 cm³/mol. The molecule has 2 aliphatic heterocycles. The van der Waals surface area contributed by atoms with Gasteiger partial charge in [-0.15, -0.1) is 11.3 Å². The summed E-state index contributed by atoms with van der Waals surface area (Å²) in [5, 5.41) is 6.69. The van der Waals surface area contributed by atoms with Crippen LogP contribution in [0.5, 0.6) is 0 Å². The van der Waals surface area contributed by atoms with Crippen LogP contribution in [0.1, 0.15) is 21.9 Å². The maximum absolute atomic E-state index is 12.8. The van der Waals surface area contributed by atoms with Gasteiger partial charge in [-0.25, -0.2) is 4.98 Å². The lowest BCUT2D eigenvalue weighted by atomic mass is 10.1. The summed E-state index contributed by atoms with van der Waals surface area (Å²) in [6, 6.07) is 8.34. The summed E-state index contributed by atoms with van der Waals surface area (Å²) in [6.07, 6.45) is 4.06. The zero-order chi connectivity index (χ0) is 22.2. The standard InChI is InChI=1S/C23H26N6O2S/c1-16-20(14-25-26(16)2)17-3-5-18(6-4-17)29-15-19(13-21(29)30)27-8-10-28(11-9-27)23(31)22-24-7-12-32-22/h3-7,12,14,19H,8-11,13,15H2,1-2H3. The number of hydrogen-bond donors (Lipinski definition) is 0. The van der Waals surface area contributed by atoms with Gasteiger partial charge in [-0.3, -0.25) is 19.2 Å². The minimum absolute atomic E-state index is 0.00715. The van der Waals surface area contributed by atoms with E-state index in [0.717, 1.165) is 35.6 Å². The Kier molecular flexibility index (Phi) is 5.52.